The molecule has 5 nitrogen and oxygen atoms in total. The summed E-state index contributed by atoms with van der Waals surface area (Å²) in [4.78, 5) is 22.0. The second kappa shape index (κ2) is 15.2. The molecule has 0 aliphatic rings. The summed E-state index contributed by atoms with van der Waals surface area (Å²) >= 11 is 0. The zero-order chi connectivity index (χ0) is 19.0. The van der Waals surface area contributed by atoms with Crippen molar-refractivity contribution in [2.45, 2.75) is 83.5 Å². The van der Waals surface area contributed by atoms with Gasteiger partial charge in [0.1, 0.15) is 13.2 Å². The highest BCUT2D eigenvalue weighted by molar-refractivity contribution is 5.69. The maximum Gasteiger partial charge on any atom is 0.305 e. The molecule has 0 rings (SSSR count). The molecule has 5 heteroatoms. The third-order valence-electron chi connectivity index (χ3n) is 4.30. The standard InChI is InChI=1S/C20H39NO4/c1-21(2,3)17-18-25-20(24)16-14-12-10-8-6-4-5-7-9-11-13-15-19(22)23/h4-18H2,1-3H3/p+1. The molecule has 25 heavy (non-hydrogen) atoms. The molecule has 0 spiro atoms. The summed E-state index contributed by atoms with van der Waals surface area (Å²) in [6, 6.07) is 0. The zero-order valence-electron chi connectivity index (χ0n) is 16.7. The highest BCUT2D eigenvalue weighted by Gasteiger charge is 2.09. The third kappa shape index (κ3) is 20.9. The lowest BCUT2D eigenvalue weighted by molar-refractivity contribution is -0.870. The Kier molecular flexibility index (Phi) is 14.5. The van der Waals surface area contributed by atoms with Crippen LogP contribution in [-0.2, 0) is 14.3 Å². The van der Waals surface area contributed by atoms with Crippen LogP contribution >= 0.6 is 0 Å². The van der Waals surface area contributed by atoms with Crippen LogP contribution in [0.25, 0.3) is 0 Å². The molecule has 0 fully saturated rings. The number of unbranched alkanes of at least 4 members (excludes halogenated alkanes) is 10. The minimum Gasteiger partial charge on any atom is -0.481 e. The number of quaternary nitrogens is 1. The molecule has 0 aromatic rings. The van der Waals surface area contributed by atoms with Gasteiger partial charge in [-0.1, -0.05) is 57.8 Å². The molecule has 0 radical (unpaired) electrons. The van der Waals surface area contributed by atoms with Gasteiger partial charge in [0.25, 0.3) is 0 Å². The Hall–Kier alpha value is -1.10. The summed E-state index contributed by atoms with van der Waals surface area (Å²) in [6.07, 6.45) is 13.4. The van der Waals surface area contributed by atoms with Crippen molar-refractivity contribution in [3.63, 3.8) is 0 Å². The van der Waals surface area contributed by atoms with Gasteiger partial charge < -0.3 is 14.3 Å². The van der Waals surface area contributed by atoms with E-state index in [1.54, 1.807) is 0 Å². The van der Waals surface area contributed by atoms with Gasteiger partial charge in [-0.25, -0.2) is 0 Å². The number of rotatable bonds is 17. The zero-order valence-corrected chi connectivity index (χ0v) is 16.7. The van der Waals surface area contributed by atoms with Crippen LogP contribution in [0.1, 0.15) is 83.5 Å². The smallest absolute Gasteiger partial charge is 0.305 e. The predicted molar refractivity (Wildman–Crippen MR) is 102 cm³/mol. The van der Waals surface area contributed by atoms with Crippen LogP contribution in [-0.4, -0.2) is 55.8 Å². The van der Waals surface area contributed by atoms with Gasteiger partial charge in [-0.15, -0.1) is 0 Å². The van der Waals surface area contributed by atoms with Crippen LogP contribution < -0.4 is 0 Å². The normalized spacial score (nSPS) is 11.5. The van der Waals surface area contributed by atoms with E-state index in [-0.39, 0.29) is 5.97 Å². The van der Waals surface area contributed by atoms with Gasteiger partial charge in [0.2, 0.25) is 0 Å². The van der Waals surface area contributed by atoms with E-state index >= 15 is 0 Å². The first-order chi connectivity index (χ1) is 11.8. The molecule has 148 valence electrons. The third-order valence-corrected chi connectivity index (χ3v) is 4.30. The summed E-state index contributed by atoms with van der Waals surface area (Å²) in [5.74, 6) is -0.742. The first kappa shape index (κ1) is 23.9. The van der Waals surface area contributed by atoms with E-state index in [4.69, 9.17) is 9.84 Å². The molecule has 0 bridgehead atoms. The summed E-state index contributed by atoms with van der Waals surface area (Å²) in [5, 5.41) is 8.55. The quantitative estimate of drug-likeness (QED) is 0.238. The monoisotopic (exact) mass is 358 g/mol. The van der Waals surface area contributed by atoms with Crippen molar-refractivity contribution in [2.24, 2.45) is 0 Å². The highest BCUT2D eigenvalue weighted by Crippen LogP contribution is 2.12. The fourth-order valence-corrected chi connectivity index (χ4v) is 2.64. The largest absolute Gasteiger partial charge is 0.481 e. The maximum atomic E-state index is 11.6. The van der Waals surface area contributed by atoms with E-state index in [1.807, 2.05) is 0 Å². The van der Waals surface area contributed by atoms with Crippen LogP contribution in [0.5, 0.6) is 0 Å². The molecule has 0 unspecified atom stereocenters. The topological polar surface area (TPSA) is 63.6 Å². The summed E-state index contributed by atoms with van der Waals surface area (Å²) < 4.78 is 6.06. The summed E-state index contributed by atoms with van der Waals surface area (Å²) in [7, 11) is 6.27. The van der Waals surface area contributed by atoms with Crippen molar-refractivity contribution in [1.29, 1.82) is 0 Å². The lowest BCUT2D eigenvalue weighted by atomic mass is 10.0. The van der Waals surface area contributed by atoms with E-state index in [0.717, 1.165) is 43.1 Å². The van der Waals surface area contributed by atoms with Gasteiger partial charge in [0.15, 0.2) is 0 Å². The minimum atomic E-state index is -0.683. The van der Waals surface area contributed by atoms with Crippen LogP contribution in [0, 0.1) is 0 Å². The Bertz CT molecular complexity index is 350. The lowest BCUT2D eigenvalue weighted by Crippen LogP contribution is -2.37. The predicted octanol–water partition coefficient (Wildman–Crippen LogP) is 4.39. The van der Waals surface area contributed by atoms with Crippen molar-refractivity contribution >= 4 is 11.9 Å². The number of nitrogens with zero attached hydrogens (tertiary/aromatic N) is 1. The second-order valence-electron chi connectivity index (χ2n) is 8.02. The van der Waals surface area contributed by atoms with Crippen LogP contribution in [0.4, 0.5) is 0 Å². The first-order valence-corrected chi connectivity index (χ1v) is 9.99. The molecule has 0 heterocycles. The molecule has 0 amide bonds. The lowest BCUT2D eigenvalue weighted by Gasteiger charge is -2.23. The molecule has 0 aliphatic carbocycles. The number of hydrogen-bond acceptors (Lipinski definition) is 3. The number of hydrogen-bond donors (Lipinski definition) is 1. The van der Waals surface area contributed by atoms with E-state index < -0.39 is 5.97 Å². The van der Waals surface area contributed by atoms with Crippen molar-refractivity contribution in [3.8, 4) is 0 Å². The van der Waals surface area contributed by atoms with Crippen molar-refractivity contribution in [3.05, 3.63) is 0 Å². The Morgan fingerprint density at radius 3 is 1.52 bits per heavy atom. The molecule has 1 N–H and O–H groups in total. The number of carboxylic acids is 1. The second-order valence-corrected chi connectivity index (χ2v) is 8.02. The number of likely N-dealkylation sites (N-methyl/N-ethyl adjacent to an activating group) is 1. The van der Waals surface area contributed by atoms with Crippen molar-refractivity contribution in [1.82, 2.24) is 0 Å². The average molecular weight is 359 g/mol. The minimum absolute atomic E-state index is 0.0589. The molecular weight excluding hydrogens is 318 g/mol. The van der Waals surface area contributed by atoms with E-state index in [2.05, 4.69) is 21.1 Å². The number of esters is 1. The Labute approximate surface area is 154 Å². The fourth-order valence-electron chi connectivity index (χ4n) is 2.64. The molecule has 0 saturated heterocycles. The molecule has 0 atom stereocenters. The Morgan fingerprint density at radius 2 is 1.12 bits per heavy atom. The fraction of sp³-hybridized carbons (Fsp3) is 0.900. The Morgan fingerprint density at radius 1 is 0.720 bits per heavy atom. The van der Waals surface area contributed by atoms with Gasteiger partial charge in [-0.2, -0.15) is 0 Å². The van der Waals surface area contributed by atoms with Gasteiger partial charge >= 0.3 is 11.9 Å². The number of carboxylic acid groups (broad SMARTS) is 1. The molecule has 0 aromatic carbocycles. The molecular formula is C20H40NO4+. The van der Waals surface area contributed by atoms with Crippen LogP contribution in [0.2, 0.25) is 0 Å². The summed E-state index contributed by atoms with van der Waals surface area (Å²) in [6.45, 7) is 1.37. The van der Waals surface area contributed by atoms with E-state index in [0.29, 0.717) is 19.4 Å². The van der Waals surface area contributed by atoms with Gasteiger partial charge in [0, 0.05) is 12.8 Å². The highest BCUT2D eigenvalue weighted by atomic mass is 16.5. The maximum absolute atomic E-state index is 11.6. The van der Waals surface area contributed by atoms with Gasteiger partial charge in [-0.05, 0) is 12.8 Å². The Balaban J connectivity index is 3.20. The molecule has 0 aromatic heterocycles. The molecule has 0 saturated carbocycles. The van der Waals surface area contributed by atoms with E-state index in [1.165, 1.54) is 38.5 Å². The SMILES string of the molecule is C[N+](C)(C)CCOC(=O)CCCCCCCCCCCCCC(=O)O. The van der Waals surface area contributed by atoms with Gasteiger partial charge in [0.05, 0.1) is 21.1 Å². The van der Waals surface area contributed by atoms with Gasteiger partial charge in [-0.3, -0.25) is 9.59 Å². The number of aliphatic carboxylic acids is 1. The summed E-state index contributed by atoms with van der Waals surface area (Å²) in [5.41, 5.74) is 0. The van der Waals surface area contributed by atoms with Crippen LogP contribution in [0.3, 0.4) is 0 Å². The van der Waals surface area contributed by atoms with Crippen molar-refractivity contribution in [2.75, 3.05) is 34.3 Å². The number of carbonyl (C=O) groups excluding carboxylic acids is 1. The first-order valence-electron chi connectivity index (χ1n) is 9.99. The molecule has 0 aliphatic heterocycles. The number of ether oxygens (including phenoxy) is 1. The van der Waals surface area contributed by atoms with Crippen LogP contribution in [0.15, 0.2) is 0 Å². The average Bonchev–Trinajstić information content (AvgIpc) is 2.50. The number of carbonyl (C=O) groups is 2. The van der Waals surface area contributed by atoms with E-state index in [9.17, 15) is 9.59 Å². The van der Waals surface area contributed by atoms with Crippen molar-refractivity contribution < 1.29 is 23.9 Å².